The summed E-state index contributed by atoms with van der Waals surface area (Å²) in [5.74, 6) is 0.597. The van der Waals surface area contributed by atoms with E-state index in [2.05, 4.69) is 10.6 Å². The van der Waals surface area contributed by atoms with E-state index in [4.69, 9.17) is 19.9 Å². The molecular formula is C33H35N3O5. The SMILES string of the molecule is CCOC(=O)C(Cc1ccc(OCc2ccccc2)c(OCc2ccccc2)c1)NC(=O)NCc1ccc(N)cc1. The van der Waals surface area contributed by atoms with Gasteiger partial charge in [-0.25, -0.2) is 9.59 Å². The molecule has 41 heavy (non-hydrogen) atoms. The predicted molar refractivity (Wildman–Crippen MR) is 158 cm³/mol. The highest BCUT2D eigenvalue weighted by atomic mass is 16.5. The molecule has 212 valence electrons. The van der Waals surface area contributed by atoms with E-state index in [0.717, 1.165) is 22.3 Å². The number of hydrogen-bond donors (Lipinski definition) is 3. The van der Waals surface area contributed by atoms with Gasteiger partial charge in [0.05, 0.1) is 6.61 Å². The maximum Gasteiger partial charge on any atom is 0.329 e. The van der Waals surface area contributed by atoms with Crippen molar-refractivity contribution in [3.63, 3.8) is 0 Å². The number of carbonyl (C=O) groups excluding carboxylic acids is 2. The third-order valence-electron chi connectivity index (χ3n) is 6.23. The van der Waals surface area contributed by atoms with Crippen LogP contribution in [0.15, 0.2) is 103 Å². The molecule has 0 spiro atoms. The lowest BCUT2D eigenvalue weighted by Crippen LogP contribution is -2.47. The molecule has 0 heterocycles. The normalized spacial score (nSPS) is 11.2. The first-order valence-electron chi connectivity index (χ1n) is 13.5. The molecule has 4 rings (SSSR count). The van der Waals surface area contributed by atoms with E-state index >= 15 is 0 Å². The number of hydrogen-bond acceptors (Lipinski definition) is 6. The Kier molecular flexibility index (Phi) is 10.6. The highest BCUT2D eigenvalue weighted by molar-refractivity contribution is 5.83. The maximum absolute atomic E-state index is 12.8. The topological polar surface area (TPSA) is 112 Å². The Labute approximate surface area is 240 Å². The zero-order valence-corrected chi connectivity index (χ0v) is 23.0. The average molecular weight is 554 g/mol. The van der Waals surface area contributed by atoms with E-state index in [9.17, 15) is 9.59 Å². The van der Waals surface area contributed by atoms with Gasteiger partial charge in [-0.2, -0.15) is 0 Å². The molecule has 0 saturated heterocycles. The molecular weight excluding hydrogens is 518 g/mol. The Hall–Kier alpha value is -4.98. The van der Waals surface area contributed by atoms with Crippen molar-refractivity contribution < 1.29 is 23.8 Å². The number of nitrogen functional groups attached to an aromatic ring is 1. The van der Waals surface area contributed by atoms with Crippen LogP contribution in [0.5, 0.6) is 11.5 Å². The fraction of sp³-hybridized carbons (Fsp3) is 0.212. The lowest BCUT2D eigenvalue weighted by atomic mass is 10.1. The number of benzene rings is 4. The summed E-state index contributed by atoms with van der Waals surface area (Å²) >= 11 is 0. The molecule has 0 bridgehead atoms. The second-order valence-corrected chi connectivity index (χ2v) is 9.41. The van der Waals surface area contributed by atoms with Crippen molar-refractivity contribution in [2.45, 2.75) is 39.1 Å². The fourth-order valence-corrected chi connectivity index (χ4v) is 4.08. The fourth-order valence-electron chi connectivity index (χ4n) is 4.08. The van der Waals surface area contributed by atoms with Crippen molar-refractivity contribution in [1.29, 1.82) is 0 Å². The highest BCUT2D eigenvalue weighted by Crippen LogP contribution is 2.30. The van der Waals surface area contributed by atoms with Crippen LogP contribution in [-0.4, -0.2) is 24.6 Å². The predicted octanol–water partition coefficient (Wildman–Crippen LogP) is 5.40. The largest absolute Gasteiger partial charge is 0.485 e. The van der Waals surface area contributed by atoms with Gasteiger partial charge >= 0.3 is 12.0 Å². The van der Waals surface area contributed by atoms with Crippen LogP contribution in [0.3, 0.4) is 0 Å². The van der Waals surface area contributed by atoms with Crippen LogP contribution in [0.25, 0.3) is 0 Å². The summed E-state index contributed by atoms with van der Waals surface area (Å²) in [6.07, 6.45) is 0.203. The number of nitrogens with one attached hydrogen (secondary N) is 2. The first-order chi connectivity index (χ1) is 20.0. The molecule has 2 amide bonds. The Morgan fingerprint density at radius 2 is 1.32 bits per heavy atom. The Balaban J connectivity index is 1.47. The molecule has 8 nitrogen and oxygen atoms in total. The van der Waals surface area contributed by atoms with Gasteiger partial charge in [0.2, 0.25) is 0 Å². The first kappa shape index (κ1) is 29.0. The van der Waals surface area contributed by atoms with Gasteiger partial charge < -0.3 is 30.6 Å². The van der Waals surface area contributed by atoms with Crippen molar-refractivity contribution in [3.8, 4) is 11.5 Å². The second-order valence-electron chi connectivity index (χ2n) is 9.41. The number of esters is 1. The molecule has 0 radical (unpaired) electrons. The second kappa shape index (κ2) is 15.0. The molecule has 0 aliphatic carbocycles. The van der Waals surface area contributed by atoms with Gasteiger partial charge in [-0.1, -0.05) is 78.9 Å². The van der Waals surface area contributed by atoms with E-state index < -0.39 is 18.0 Å². The Morgan fingerprint density at radius 1 is 0.732 bits per heavy atom. The molecule has 4 aromatic rings. The minimum atomic E-state index is -0.903. The number of rotatable bonds is 13. The van der Waals surface area contributed by atoms with Gasteiger partial charge in [0.15, 0.2) is 11.5 Å². The summed E-state index contributed by atoms with van der Waals surface area (Å²) in [5, 5.41) is 5.53. The van der Waals surface area contributed by atoms with Crippen LogP contribution in [0, 0.1) is 0 Å². The number of carbonyl (C=O) groups is 2. The van der Waals surface area contributed by atoms with Gasteiger partial charge in [0.25, 0.3) is 0 Å². The molecule has 8 heteroatoms. The summed E-state index contributed by atoms with van der Waals surface area (Å²) < 4.78 is 17.5. The van der Waals surface area contributed by atoms with Crippen LogP contribution < -0.4 is 25.8 Å². The zero-order chi connectivity index (χ0) is 28.9. The minimum Gasteiger partial charge on any atom is -0.485 e. The van der Waals surface area contributed by atoms with E-state index in [0.29, 0.717) is 30.4 Å². The maximum atomic E-state index is 12.8. The molecule has 0 aliphatic heterocycles. The molecule has 4 aromatic carbocycles. The molecule has 1 atom stereocenters. The third kappa shape index (κ3) is 9.32. The lowest BCUT2D eigenvalue weighted by Gasteiger charge is -2.19. The van der Waals surface area contributed by atoms with Crippen molar-refractivity contribution >= 4 is 17.7 Å². The smallest absolute Gasteiger partial charge is 0.329 e. The van der Waals surface area contributed by atoms with Gasteiger partial charge in [-0.3, -0.25) is 0 Å². The summed E-state index contributed by atoms with van der Waals surface area (Å²) in [6.45, 7) is 2.93. The summed E-state index contributed by atoms with van der Waals surface area (Å²) in [5.41, 5.74) is 10.1. The van der Waals surface area contributed by atoms with Crippen molar-refractivity contribution in [2.75, 3.05) is 12.3 Å². The average Bonchev–Trinajstić information content (AvgIpc) is 3.00. The summed E-state index contributed by atoms with van der Waals surface area (Å²) in [6, 6.07) is 31.0. The summed E-state index contributed by atoms with van der Waals surface area (Å²) in [7, 11) is 0. The van der Waals surface area contributed by atoms with Crippen molar-refractivity contribution in [3.05, 3.63) is 125 Å². The third-order valence-corrected chi connectivity index (χ3v) is 6.23. The van der Waals surface area contributed by atoms with Gasteiger partial charge in [0.1, 0.15) is 19.3 Å². The monoisotopic (exact) mass is 553 g/mol. The number of nitrogens with two attached hydrogens (primary N) is 1. The number of anilines is 1. The van der Waals surface area contributed by atoms with Crippen LogP contribution >= 0.6 is 0 Å². The number of ether oxygens (including phenoxy) is 3. The minimum absolute atomic E-state index is 0.196. The highest BCUT2D eigenvalue weighted by Gasteiger charge is 2.23. The van der Waals surface area contributed by atoms with Crippen molar-refractivity contribution in [2.24, 2.45) is 0 Å². The van der Waals surface area contributed by atoms with E-state index in [1.807, 2.05) is 91.0 Å². The van der Waals surface area contributed by atoms with E-state index in [1.54, 1.807) is 19.1 Å². The molecule has 0 aromatic heterocycles. The standard InChI is InChI=1S/C33H35N3O5/c1-2-39-32(37)29(36-33(38)35-21-24-13-16-28(34)17-14-24)19-27-15-18-30(40-22-25-9-5-3-6-10-25)31(20-27)41-23-26-11-7-4-8-12-26/h3-18,20,29H,2,19,21-23,34H2,1H3,(H2,35,36,38). The molecule has 0 fully saturated rings. The van der Waals surface area contributed by atoms with Gasteiger partial charge in [0, 0.05) is 18.7 Å². The van der Waals surface area contributed by atoms with Crippen molar-refractivity contribution in [1.82, 2.24) is 10.6 Å². The number of amides is 2. The van der Waals surface area contributed by atoms with Crippen LogP contribution in [0.1, 0.15) is 29.2 Å². The van der Waals surface area contributed by atoms with Crippen LogP contribution in [0.2, 0.25) is 0 Å². The van der Waals surface area contributed by atoms with E-state index in [-0.39, 0.29) is 19.6 Å². The zero-order valence-electron chi connectivity index (χ0n) is 23.0. The molecule has 0 aliphatic rings. The van der Waals surface area contributed by atoms with E-state index in [1.165, 1.54) is 0 Å². The number of urea groups is 1. The van der Waals surface area contributed by atoms with Gasteiger partial charge in [-0.05, 0) is 53.4 Å². The Bertz CT molecular complexity index is 1400. The van der Waals surface area contributed by atoms with Crippen LogP contribution in [-0.2, 0) is 35.7 Å². The van der Waals surface area contributed by atoms with Crippen LogP contribution in [0.4, 0.5) is 10.5 Å². The molecule has 0 saturated carbocycles. The first-order valence-corrected chi connectivity index (χ1v) is 13.5. The molecule has 4 N–H and O–H groups in total. The van der Waals surface area contributed by atoms with Gasteiger partial charge in [-0.15, -0.1) is 0 Å². The lowest BCUT2D eigenvalue weighted by molar-refractivity contribution is -0.145. The molecule has 1 unspecified atom stereocenters. The quantitative estimate of drug-likeness (QED) is 0.151. The Morgan fingerprint density at radius 3 is 1.93 bits per heavy atom. The summed E-state index contributed by atoms with van der Waals surface area (Å²) in [4.78, 5) is 25.5.